The van der Waals surface area contributed by atoms with Crippen molar-refractivity contribution in [1.29, 1.82) is 0 Å². The summed E-state index contributed by atoms with van der Waals surface area (Å²) in [5.41, 5.74) is 1.57. The zero-order valence-corrected chi connectivity index (χ0v) is 15.1. The number of amides is 1. The van der Waals surface area contributed by atoms with Gasteiger partial charge in [0.1, 0.15) is 5.82 Å². The van der Waals surface area contributed by atoms with E-state index in [0.29, 0.717) is 12.5 Å². The number of hydrogen-bond acceptors (Lipinski definition) is 3. The molecule has 2 fully saturated rings. The third-order valence-electron chi connectivity index (χ3n) is 5.63. The highest BCUT2D eigenvalue weighted by atomic mass is 19.1. The van der Waals surface area contributed by atoms with Crippen LogP contribution in [0.5, 0.6) is 0 Å². The number of nitrogens with zero attached hydrogens (tertiary/aromatic N) is 2. The highest BCUT2D eigenvalue weighted by molar-refractivity contribution is 5.79. The molecule has 0 aliphatic carbocycles. The van der Waals surface area contributed by atoms with Crippen LogP contribution in [-0.4, -0.2) is 53.5 Å². The summed E-state index contributed by atoms with van der Waals surface area (Å²) in [7, 11) is 0. The van der Waals surface area contributed by atoms with Crippen LogP contribution in [0.25, 0.3) is 0 Å². The molecule has 2 heterocycles. The predicted octanol–water partition coefficient (Wildman–Crippen LogP) is 2.89. The Morgan fingerprint density at radius 2 is 1.88 bits per heavy atom. The van der Waals surface area contributed by atoms with Crippen LogP contribution in [0.4, 0.5) is 4.39 Å². The SMILES string of the molecule is Cc1cc(F)ccc1C(O)CN1CCC(C(=O)N2CCCCC2)CC1. The predicted molar refractivity (Wildman–Crippen MR) is 95.7 cm³/mol. The van der Waals surface area contributed by atoms with E-state index in [1.807, 2.05) is 11.8 Å². The molecule has 1 unspecified atom stereocenters. The second kappa shape index (κ2) is 8.28. The molecule has 2 aliphatic rings. The van der Waals surface area contributed by atoms with Gasteiger partial charge in [-0.1, -0.05) is 6.07 Å². The fourth-order valence-corrected chi connectivity index (χ4v) is 4.09. The van der Waals surface area contributed by atoms with Gasteiger partial charge in [0, 0.05) is 25.6 Å². The highest BCUT2D eigenvalue weighted by Gasteiger charge is 2.30. The lowest BCUT2D eigenvalue weighted by atomic mass is 9.93. The molecule has 25 heavy (non-hydrogen) atoms. The maximum Gasteiger partial charge on any atom is 0.225 e. The van der Waals surface area contributed by atoms with Gasteiger partial charge < -0.3 is 14.9 Å². The van der Waals surface area contributed by atoms with E-state index < -0.39 is 6.10 Å². The number of carbonyl (C=O) groups excluding carboxylic acids is 1. The van der Waals surface area contributed by atoms with Crippen LogP contribution in [0.1, 0.15) is 49.3 Å². The van der Waals surface area contributed by atoms with Crippen molar-refractivity contribution in [1.82, 2.24) is 9.80 Å². The minimum Gasteiger partial charge on any atom is -0.387 e. The van der Waals surface area contributed by atoms with E-state index in [2.05, 4.69) is 4.90 Å². The second-order valence-electron chi connectivity index (χ2n) is 7.48. The number of aryl methyl sites for hydroxylation is 1. The van der Waals surface area contributed by atoms with Crippen LogP contribution >= 0.6 is 0 Å². The van der Waals surface area contributed by atoms with Crippen molar-refractivity contribution in [2.45, 2.75) is 45.1 Å². The fourth-order valence-electron chi connectivity index (χ4n) is 4.09. The van der Waals surface area contributed by atoms with Crippen molar-refractivity contribution in [3.8, 4) is 0 Å². The van der Waals surface area contributed by atoms with E-state index in [0.717, 1.165) is 63.0 Å². The molecular weight excluding hydrogens is 319 g/mol. The van der Waals surface area contributed by atoms with E-state index in [1.54, 1.807) is 6.07 Å². The maximum atomic E-state index is 13.2. The summed E-state index contributed by atoms with van der Waals surface area (Å²) in [4.78, 5) is 16.9. The molecular formula is C20H29FN2O2. The Morgan fingerprint density at radius 3 is 2.52 bits per heavy atom. The Balaban J connectivity index is 1.49. The van der Waals surface area contributed by atoms with Crippen LogP contribution in [-0.2, 0) is 4.79 Å². The highest BCUT2D eigenvalue weighted by Crippen LogP contribution is 2.25. The summed E-state index contributed by atoms with van der Waals surface area (Å²) in [5.74, 6) is 0.193. The van der Waals surface area contributed by atoms with Crippen molar-refractivity contribution in [3.05, 3.63) is 35.1 Å². The van der Waals surface area contributed by atoms with Gasteiger partial charge in [-0.05, 0) is 75.4 Å². The second-order valence-corrected chi connectivity index (χ2v) is 7.48. The van der Waals surface area contributed by atoms with E-state index in [1.165, 1.54) is 18.6 Å². The average Bonchev–Trinajstić information content (AvgIpc) is 2.62. The molecule has 0 saturated carbocycles. The number of likely N-dealkylation sites (tertiary alicyclic amines) is 2. The summed E-state index contributed by atoms with van der Waals surface area (Å²) >= 11 is 0. The van der Waals surface area contributed by atoms with E-state index in [9.17, 15) is 14.3 Å². The molecule has 1 N–H and O–H groups in total. The summed E-state index contributed by atoms with van der Waals surface area (Å²) < 4.78 is 13.2. The molecule has 3 rings (SSSR count). The molecule has 138 valence electrons. The minimum absolute atomic E-state index is 0.138. The monoisotopic (exact) mass is 348 g/mol. The van der Waals surface area contributed by atoms with Crippen LogP contribution in [0.2, 0.25) is 0 Å². The van der Waals surface area contributed by atoms with Gasteiger partial charge in [0.2, 0.25) is 5.91 Å². The number of carbonyl (C=O) groups is 1. The van der Waals surface area contributed by atoms with Crippen LogP contribution in [0.15, 0.2) is 18.2 Å². The van der Waals surface area contributed by atoms with Crippen molar-refractivity contribution >= 4 is 5.91 Å². The normalized spacial score (nSPS) is 21.3. The number of aliphatic hydroxyl groups excluding tert-OH is 1. The number of benzene rings is 1. The van der Waals surface area contributed by atoms with Crippen molar-refractivity contribution in [2.75, 3.05) is 32.7 Å². The van der Waals surface area contributed by atoms with E-state index >= 15 is 0 Å². The molecule has 1 atom stereocenters. The average molecular weight is 348 g/mol. The lowest BCUT2D eigenvalue weighted by molar-refractivity contribution is -0.138. The third-order valence-corrected chi connectivity index (χ3v) is 5.63. The topological polar surface area (TPSA) is 43.8 Å². The smallest absolute Gasteiger partial charge is 0.225 e. The van der Waals surface area contributed by atoms with Gasteiger partial charge in [0.15, 0.2) is 0 Å². The molecule has 2 aliphatic heterocycles. The Hall–Kier alpha value is -1.46. The summed E-state index contributed by atoms with van der Waals surface area (Å²) in [5, 5.41) is 10.5. The fraction of sp³-hybridized carbons (Fsp3) is 0.650. The Bertz CT molecular complexity index is 593. The van der Waals surface area contributed by atoms with Crippen molar-refractivity contribution < 1.29 is 14.3 Å². The first-order valence-corrected chi connectivity index (χ1v) is 9.50. The first kappa shape index (κ1) is 18.3. The van der Waals surface area contributed by atoms with E-state index in [4.69, 9.17) is 0 Å². The van der Waals surface area contributed by atoms with Crippen LogP contribution < -0.4 is 0 Å². The lowest BCUT2D eigenvalue weighted by Gasteiger charge is -2.36. The third kappa shape index (κ3) is 4.59. The van der Waals surface area contributed by atoms with Gasteiger partial charge in [0.25, 0.3) is 0 Å². The minimum atomic E-state index is -0.616. The maximum absolute atomic E-state index is 13.2. The summed E-state index contributed by atoms with van der Waals surface area (Å²) in [6.07, 6.45) is 4.62. The number of hydrogen-bond donors (Lipinski definition) is 1. The van der Waals surface area contributed by atoms with Gasteiger partial charge in [0.05, 0.1) is 6.10 Å². The molecule has 0 spiro atoms. The number of halogens is 1. The zero-order chi connectivity index (χ0) is 17.8. The summed E-state index contributed by atoms with van der Waals surface area (Å²) in [6, 6.07) is 4.53. The van der Waals surface area contributed by atoms with Crippen LogP contribution in [0.3, 0.4) is 0 Å². The number of piperidine rings is 2. The lowest BCUT2D eigenvalue weighted by Crippen LogP contribution is -2.45. The number of rotatable bonds is 4. The van der Waals surface area contributed by atoms with Crippen LogP contribution in [0, 0.1) is 18.7 Å². The molecule has 0 aromatic heterocycles. The molecule has 0 bridgehead atoms. The molecule has 5 heteroatoms. The van der Waals surface area contributed by atoms with Gasteiger partial charge in [-0.25, -0.2) is 4.39 Å². The first-order chi connectivity index (χ1) is 12.0. The summed E-state index contributed by atoms with van der Waals surface area (Å²) in [6.45, 7) is 5.87. The zero-order valence-electron chi connectivity index (χ0n) is 15.1. The Labute approximate surface area is 149 Å². The molecule has 4 nitrogen and oxygen atoms in total. The largest absolute Gasteiger partial charge is 0.387 e. The standard InChI is InChI=1S/C20H29FN2O2/c1-15-13-17(21)5-6-18(15)19(24)14-22-11-7-16(8-12-22)20(25)23-9-3-2-4-10-23/h5-6,13,16,19,24H,2-4,7-12,14H2,1H3. The molecule has 0 radical (unpaired) electrons. The quantitative estimate of drug-likeness (QED) is 0.910. The van der Waals surface area contributed by atoms with Crippen molar-refractivity contribution in [2.24, 2.45) is 5.92 Å². The first-order valence-electron chi connectivity index (χ1n) is 9.50. The molecule has 1 aromatic rings. The van der Waals surface area contributed by atoms with Gasteiger partial charge in [-0.3, -0.25) is 4.79 Å². The van der Waals surface area contributed by atoms with E-state index in [-0.39, 0.29) is 11.7 Å². The van der Waals surface area contributed by atoms with Crippen molar-refractivity contribution in [3.63, 3.8) is 0 Å². The molecule has 1 aromatic carbocycles. The Morgan fingerprint density at radius 1 is 1.20 bits per heavy atom. The van der Waals surface area contributed by atoms with Gasteiger partial charge >= 0.3 is 0 Å². The Kier molecular flexibility index (Phi) is 6.07. The number of β-amino-alcohol motifs (C(OH)–C–C–N with tert-alkyl or cyclic N) is 1. The number of aliphatic hydroxyl groups is 1. The molecule has 2 saturated heterocycles. The molecule has 1 amide bonds. The van der Waals surface area contributed by atoms with Gasteiger partial charge in [-0.15, -0.1) is 0 Å². The van der Waals surface area contributed by atoms with Gasteiger partial charge in [-0.2, -0.15) is 0 Å².